The van der Waals surface area contributed by atoms with Gasteiger partial charge in [0.2, 0.25) is 0 Å². The van der Waals surface area contributed by atoms with Gasteiger partial charge in [-0.25, -0.2) is 4.79 Å². The molecule has 3 heterocycles. The highest BCUT2D eigenvalue weighted by molar-refractivity contribution is 5.73. The van der Waals surface area contributed by atoms with Crippen LogP contribution in [0.15, 0.2) is 11.6 Å². The van der Waals surface area contributed by atoms with E-state index in [4.69, 9.17) is 28.4 Å². The van der Waals surface area contributed by atoms with Crippen LogP contribution in [0.5, 0.6) is 0 Å². The zero-order valence-electron chi connectivity index (χ0n) is 38.5. The quantitative estimate of drug-likeness (QED) is 0.131. The minimum Gasteiger partial charge on any atom is -0.479 e. The molecule has 0 bridgehead atoms. The molecule has 360 valence electrons. The highest BCUT2D eigenvalue weighted by Crippen LogP contribution is 2.76. The monoisotopic (exact) mass is 897 g/mol. The molecular weight excluding hydrogens is 821 g/mol. The molecule has 9 N–H and O–H groups in total. The second kappa shape index (κ2) is 16.4. The summed E-state index contributed by atoms with van der Waals surface area (Å²) in [4.78, 5) is 12.4. The van der Waals surface area contributed by atoms with Gasteiger partial charge in [0.05, 0.1) is 24.9 Å². The Hall–Kier alpha value is -1.35. The van der Waals surface area contributed by atoms with Crippen LogP contribution in [0.4, 0.5) is 0 Å². The van der Waals surface area contributed by atoms with Gasteiger partial charge in [-0.15, -0.1) is 0 Å². The van der Waals surface area contributed by atoms with Crippen molar-refractivity contribution in [3.8, 4) is 0 Å². The number of aliphatic hydroxyl groups is 8. The Morgan fingerprint density at radius 1 is 0.667 bits per heavy atom. The van der Waals surface area contributed by atoms with Crippen molar-refractivity contribution in [1.82, 2.24) is 0 Å². The number of rotatable bonds is 7. The van der Waals surface area contributed by atoms with Gasteiger partial charge in [-0.3, -0.25) is 0 Å². The molecule has 63 heavy (non-hydrogen) atoms. The fourth-order valence-electron chi connectivity index (χ4n) is 14.8. The average molecular weight is 897 g/mol. The molecule has 0 aromatic carbocycles. The van der Waals surface area contributed by atoms with Gasteiger partial charge < -0.3 is 74.4 Å². The molecule has 0 aromatic heterocycles. The largest absolute Gasteiger partial charge is 0.479 e. The maximum atomic E-state index is 12.4. The van der Waals surface area contributed by atoms with Gasteiger partial charge in [0.1, 0.15) is 54.9 Å². The molecule has 0 aromatic rings. The molecule has 8 aliphatic rings. The maximum absolute atomic E-state index is 12.4. The Kier molecular flexibility index (Phi) is 12.5. The summed E-state index contributed by atoms with van der Waals surface area (Å²) in [6.45, 7) is 19.7. The van der Waals surface area contributed by atoms with E-state index in [2.05, 4.69) is 61.5 Å². The van der Waals surface area contributed by atoms with E-state index < -0.39 is 110 Å². The van der Waals surface area contributed by atoms with E-state index in [0.717, 1.165) is 51.4 Å². The van der Waals surface area contributed by atoms with Crippen LogP contribution < -0.4 is 0 Å². The first-order valence-electron chi connectivity index (χ1n) is 23.5. The predicted octanol–water partition coefficient (Wildman–Crippen LogP) is 2.37. The zero-order chi connectivity index (χ0) is 46.1. The Morgan fingerprint density at radius 3 is 2.02 bits per heavy atom. The number of aliphatic carboxylic acids is 1. The topological polar surface area (TPSA) is 255 Å². The summed E-state index contributed by atoms with van der Waals surface area (Å²) in [7, 11) is 0. The molecule has 3 saturated heterocycles. The SMILES string of the molecule is C[C@@H]1O[C@@H](O[C@H]2[C@H](O[C@H]3[C@H](O[C@H]4CC[C@@]5(C)C(CC[C@]6(C)C5CC=C5C7CC(C)(C)C[C@@H](O)[C@]7(C)CC[C@]56C)C4(C)C)O[C@H](C(=O)O)[C@@H](O)[C@@H]3O)OC[C@@H](O)[C@@H]2O)[C@H](O)[C@H](O)[C@H]1O. The Balaban J connectivity index is 1.04. The highest BCUT2D eigenvalue weighted by Gasteiger charge is 2.69. The van der Waals surface area contributed by atoms with Crippen molar-refractivity contribution in [2.45, 2.75) is 218 Å². The number of fused-ring (bicyclic) bond motifs is 7. The van der Waals surface area contributed by atoms with Gasteiger partial charge in [-0.1, -0.05) is 67.0 Å². The van der Waals surface area contributed by atoms with Crippen LogP contribution in [-0.2, 0) is 33.2 Å². The Bertz CT molecular complexity index is 1740. The lowest BCUT2D eigenvalue weighted by Gasteiger charge is -2.71. The molecule has 8 rings (SSSR count). The van der Waals surface area contributed by atoms with Gasteiger partial charge >= 0.3 is 5.97 Å². The van der Waals surface area contributed by atoms with Crippen molar-refractivity contribution < 1.29 is 79.2 Å². The smallest absolute Gasteiger partial charge is 0.335 e. The molecule has 0 amide bonds. The summed E-state index contributed by atoms with van der Waals surface area (Å²) in [5.74, 6) is -0.622. The summed E-state index contributed by atoms with van der Waals surface area (Å²) < 4.78 is 36.2. The number of carbonyl (C=O) groups is 1. The van der Waals surface area contributed by atoms with Gasteiger partial charge in [0.25, 0.3) is 0 Å². The van der Waals surface area contributed by atoms with Gasteiger partial charge in [0, 0.05) is 5.41 Å². The number of aliphatic hydroxyl groups excluding tert-OH is 8. The van der Waals surface area contributed by atoms with E-state index in [1.54, 1.807) is 5.57 Å². The van der Waals surface area contributed by atoms with Gasteiger partial charge in [-0.2, -0.15) is 0 Å². The predicted molar refractivity (Wildman–Crippen MR) is 223 cm³/mol. The summed E-state index contributed by atoms with van der Waals surface area (Å²) in [5, 5.41) is 97.3. The first kappa shape index (κ1) is 48.1. The van der Waals surface area contributed by atoms with Crippen LogP contribution in [0.25, 0.3) is 0 Å². The van der Waals surface area contributed by atoms with E-state index in [1.807, 2.05) is 0 Å². The Labute approximate surface area is 371 Å². The summed E-state index contributed by atoms with van der Waals surface area (Å²) >= 11 is 0. The number of hydrogen-bond donors (Lipinski definition) is 9. The molecule has 0 spiro atoms. The number of allylic oxidation sites excluding steroid dienone is 2. The normalized spacial score (nSPS) is 55.3. The van der Waals surface area contributed by atoms with E-state index in [1.165, 1.54) is 6.92 Å². The molecule has 3 unspecified atom stereocenters. The molecule has 0 radical (unpaired) electrons. The molecule has 16 nitrogen and oxygen atoms in total. The van der Waals surface area contributed by atoms with Gasteiger partial charge in [0.15, 0.2) is 25.0 Å². The molecule has 3 aliphatic heterocycles. The Morgan fingerprint density at radius 2 is 1.33 bits per heavy atom. The summed E-state index contributed by atoms with van der Waals surface area (Å²) in [5.41, 5.74) is 0.910. The van der Waals surface area contributed by atoms with Crippen LogP contribution in [0.3, 0.4) is 0 Å². The van der Waals surface area contributed by atoms with Crippen molar-refractivity contribution in [3.63, 3.8) is 0 Å². The minimum absolute atomic E-state index is 0.0189. The van der Waals surface area contributed by atoms with E-state index >= 15 is 0 Å². The number of hydrogen-bond acceptors (Lipinski definition) is 15. The lowest BCUT2D eigenvalue weighted by molar-refractivity contribution is -0.386. The van der Waals surface area contributed by atoms with Crippen molar-refractivity contribution in [3.05, 3.63) is 11.6 Å². The minimum atomic E-state index is -1.96. The zero-order valence-corrected chi connectivity index (χ0v) is 38.5. The lowest BCUT2D eigenvalue weighted by atomic mass is 9.33. The van der Waals surface area contributed by atoms with Crippen LogP contribution >= 0.6 is 0 Å². The number of carboxylic acids is 1. The van der Waals surface area contributed by atoms with Crippen molar-refractivity contribution >= 4 is 5.97 Å². The second-order valence-corrected chi connectivity index (χ2v) is 23.3. The molecule has 23 atom stereocenters. The molecule has 16 heteroatoms. The van der Waals surface area contributed by atoms with Crippen molar-refractivity contribution in [1.29, 1.82) is 0 Å². The number of ether oxygens (including phenoxy) is 6. The fourth-order valence-corrected chi connectivity index (χ4v) is 14.8. The second-order valence-electron chi connectivity index (χ2n) is 23.3. The molecule has 4 saturated carbocycles. The third-order valence-corrected chi connectivity index (χ3v) is 19.0. The van der Waals surface area contributed by atoms with Crippen LogP contribution in [0.1, 0.15) is 120 Å². The third-order valence-electron chi connectivity index (χ3n) is 19.0. The first-order valence-corrected chi connectivity index (χ1v) is 23.5. The standard InChI is InChI=1S/C47H76O16/c1-21-29(50)31(52)34(55)39(59-21)62-36-30(51)24(48)20-58-40(36)63-37-33(54)32(53)35(38(56)57)61-41(37)60-28-13-14-45(7)25(43(28,4)5)12-15-47(9)26(45)11-10-22-23-18-42(2,3)19-27(49)44(23,6)16-17-46(22,47)8/h10,21,23-37,39-41,48-55H,11-20H2,1-9H3,(H,56,57)/t21-,23?,24+,25?,26?,27+,28-,29-,30-,31+,32-,33-,34+,35-,36+,37+,39-,40-,41+,44+,45-,46+,47+/m0/s1. The van der Waals surface area contributed by atoms with Crippen LogP contribution in [-0.4, -0.2) is 157 Å². The van der Waals surface area contributed by atoms with E-state index in [9.17, 15) is 50.8 Å². The maximum Gasteiger partial charge on any atom is 0.335 e. The van der Waals surface area contributed by atoms with E-state index in [0.29, 0.717) is 18.3 Å². The third kappa shape index (κ3) is 7.51. The van der Waals surface area contributed by atoms with E-state index in [-0.39, 0.29) is 39.1 Å². The van der Waals surface area contributed by atoms with Crippen molar-refractivity contribution in [2.24, 2.45) is 50.2 Å². The molecule has 5 aliphatic carbocycles. The summed E-state index contributed by atoms with van der Waals surface area (Å²) in [6, 6.07) is 0. The fraction of sp³-hybridized carbons (Fsp3) is 0.936. The van der Waals surface area contributed by atoms with Crippen LogP contribution in [0.2, 0.25) is 0 Å². The molecule has 7 fully saturated rings. The van der Waals surface area contributed by atoms with Crippen molar-refractivity contribution in [2.75, 3.05) is 6.61 Å². The highest BCUT2D eigenvalue weighted by atomic mass is 16.8. The van der Waals surface area contributed by atoms with Gasteiger partial charge in [-0.05, 0) is 110 Å². The van der Waals surface area contributed by atoms with Crippen LogP contribution in [0, 0.1) is 50.2 Å². The number of carboxylic acid groups (broad SMARTS) is 1. The summed E-state index contributed by atoms with van der Waals surface area (Å²) in [6.07, 6.45) is -12.8. The molecular formula is C47H76O16. The lowest BCUT2D eigenvalue weighted by Crippen LogP contribution is -2.67. The first-order chi connectivity index (χ1) is 29.2. The average Bonchev–Trinajstić information content (AvgIpc) is 3.20.